The van der Waals surface area contributed by atoms with Crippen LogP contribution in [-0.2, 0) is 14.8 Å². The maximum absolute atomic E-state index is 12.7. The van der Waals surface area contributed by atoms with Gasteiger partial charge in [0.25, 0.3) is 5.91 Å². The van der Waals surface area contributed by atoms with Crippen LogP contribution < -0.4 is 10.9 Å². The van der Waals surface area contributed by atoms with Crippen LogP contribution in [0, 0.1) is 5.92 Å². The summed E-state index contributed by atoms with van der Waals surface area (Å²) < 4.78 is 26.7. The maximum Gasteiger partial charge on any atom is 0.271 e. The quantitative estimate of drug-likeness (QED) is 0.541. The number of rotatable bonds is 4. The zero-order chi connectivity index (χ0) is 21.0. The van der Waals surface area contributed by atoms with Gasteiger partial charge >= 0.3 is 0 Å². The maximum atomic E-state index is 12.7. The molecule has 0 unspecified atom stereocenters. The van der Waals surface area contributed by atoms with Crippen molar-refractivity contribution < 1.29 is 18.0 Å². The molecule has 0 saturated carbocycles. The molecule has 0 bridgehead atoms. The van der Waals surface area contributed by atoms with E-state index in [-0.39, 0.29) is 39.6 Å². The van der Waals surface area contributed by atoms with Crippen LogP contribution in [0.3, 0.4) is 0 Å². The molecule has 1 fully saturated rings. The fourth-order valence-corrected chi connectivity index (χ4v) is 5.11. The summed E-state index contributed by atoms with van der Waals surface area (Å²) in [7, 11) is -3.79. The Morgan fingerprint density at radius 3 is 2.38 bits per heavy atom. The van der Waals surface area contributed by atoms with Crippen molar-refractivity contribution in [3.63, 3.8) is 0 Å². The molecule has 2 heterocycles. The van der Waals surface area contributed by atoms with Crippen LogP contribution >= 0.6 is 23.2 Å². The van der Waals surface area contributed by atoms with E-state index in [4.69, 9.17) is 23.2 Å². The van der Waals surface area contributed by atoms with Gasteiger partial charge in [0.2, 0.25) is 15.9 Å². The number of pyridine rings is 1. The standard InChI is InChI=1S/C18H18Cl2N4O4S/c19-14-5-2-1-4-13(14)18(26)23-22-17(25)12-7-10-24(11-8-12)29(27,28)15-6-3-9-21-16(15)20/h1-6,9,12H,7-8,10-11H2,(H,22,25)(H,23,26). The Morgan fingerprint density at radius 1 is 1.03 bits per heavy atom. The largest absolute Gasteiger partial charge is 0.273 e. The Morgan fingerprint density at radius 2 is 1.72 bits per heavy atom. The number of benzene rings is 1. The highest BCUT2D eigenvalue weighted by atomic mass is 35.5. The Hall–Kier alpha value is -2.20. The van der Waals surface area contributed by atoms with Gasteiger partial charge < -0.3 is 0 Å². The van der Waals surface area contributed by atoms with E-state index in [1.54, 1.807) is 18.2 Å². The number of amides is 2. The van der Waals surface area contributed by atoms with Crippen molar-refractivity contribution in [1.29, 1.82) is 0 Å². The number of halogens is 2. The number of carbonyl (C=O) groups is 2. The van der Waals surface area contributed by atoms with Crippen LogP contribution in [0.5, 0.6) is 0 Å². The van der Waals surface area contributed by atoms with Gasteiger partial charge in [-0.25, -0.2) is 13.4 Å². The molecule has 2 aromatic rings. The highest BCUT2D eigenvalue weighted by Crippen LogP contribution is 2.27. The van der Waals surface area contributed by atoms with Gasteiger partial charge in [-0.1, -0.05) is 35.3 Å². The van der Waals surface area contributed by atoms with Gasteiger partial charge in [-0.15, -0.1) is 0 Å². The van der Waals surface area contributed by atoms with Crippen molar-refractivity contribution >= 4 is 45.0 Å². The number of hydrogen-bond acceptors (Lipinski definition) is 5. The van der Waals surface area contributed by atoms with Crippen molar-refractivity contribution in [3.8, 4) is 0 Å². The second-order valence-corrected chi connectivity index (χ2v) is 9.07. The van der Waals surface area contributed by atoms with Gasteiger partial charge in [-0.3, -0.25) is 20.4 Å². The van der Waals surface area contributed by atoms with Crippen molar-refractivity contribution in [2.24, 2.45) is 5.92 Å². The molecule has 11 heteroatoms. The molecule has 1 saturated heterocycles. The minimum atomic E-state index is -3.79. The van der Waals surface area contributed by atoms with E-state index in [0.717, 1.165) is 0 Å². The lowest BCUT2D eigenvalue weighted by molar-refractivity contribution is -0.126. The van der Waals surface area contributed by atoms with Gasteiger partial charge in [0, 0.05) is 25.2 Å². The minimum Gasteiger partial charge on any atom is -0.273 e. The number of hydrazine groups is 1. The molecule has 1 aromatic carbocycles. The van der Waals surface area contributed by atoms with Crippen molar-refractivity contribution in [2.75, 3.05) is 13.1 Å². The third-order valence-corrected chi connectivity index (χ3v) is 7.26. The number of carbonyl (C=O) groups excluding carboxylic acids is 2. The smallest absolute Gasteiger partial charge is 0.271 e. The lowest BCUT2D eigenvalue weighted by atomic mass is 9.98. The molecule has 29 heavy (non-hydrogen) atoms. The lowest BCUT2D eigenvalue weighted by Gasteiger charge is -2.30. The third kappa shape index (κ3) is 4.87. The predicted molar refractivity (Wildman–Crippen MR) is 108 cm³/mol. The first-order chi connectivity index (χ1) is 13.8. The molecular weight excluding hydrogens is 439 g/mol. The zero-order valence-corrected chi connectivity index (χ0v) is 17.5. The van der Waals surface area contributed by atoms with E-state index in [1.807, 2.05) is 0 Å². The molecule has 0 atom stereocenters. The molecular formula is C18H18Cl2N4O4S. The molecule has 0 spiro atoms. The summed E-state index contributed by atoms with van der Waals surface area (Å²) in [6, 6.07) is 9.36. The monoisotopic (exact) mass is 456 g/mol. The SMILES string of the molecule is O=C(NNC(=O)C1CCN(S(=O)(=O)c2cccnc2Cl)CC1)c1ccccc1Cl. The highest BCUT2D eigenvalue weighted by Gasteiger charge is 2.33. The Labute approximate surface area is 178 Å². The Kier molecular flexibility index (Phi) is 6.74. The molecule has 0 aliphatic carbocycles. The number of sulfonamides is 1. The number of aromatic nitrogens is 1. The molecule has 2 N–H and O–H groups in total. The number of piperidine rings is 1. The second kappa shape index (κ2) is 9.08. The van der Waals surface area contributed by atoms with E-state index >= 15 is 0 Å². The van der Waals surface area contributed by atoms with E-state index in [0.29, 0.717) is 12.8 Å². The fourth-order valence-electron chi connectivity index (χ4n) is 2.99. The molecule has 1 aromatic heterocycles. The Balaban J connectivity index is 1.55. The lowest BCUT2D eigenvalue weighted by Crippen LogP contribution is -2.48. The number of nitrogens with one attached hydrogen (secondary N) is 2. The first-order valence-corrected chi connectivity index (χ1v) is 11.0. The van der Waals surface area contributed by atoms with Crippen LogP contribution in [0.2, 0.25) is 10.2 Å². The molecule has 2 amide bonds. The summed E-state index contributed by atoms with van der Waals surface area (Å²) in [6.07, 6.45) is 2.03. The molecule has 0 radical (unpaired) electrons. The van der Waals surface area contributed by atoms with Crippen molar-refractivity contribution in [2.45, 2.75) is 17.7 Å². The summed E-state index contributed by atoms with van der Waals surface area (Å²) in [5, 5.41) is 0.182. The normalized spacial score (nSPS) is 15.7. The third-order valence-electron chi connectivity index (χ3n) is 4.59. The van der Waals surface area contributed by atoms with Crippen LogP contribution in [0.1, 0.15) is 23.2 Å². The van der Waals surface area contributed by atoms with Crippen LogP contribution in [0.15, 0.2) is 47.5 Å². The van der Waals surface area contributed by atoms with E-state index in [1.165, 1.54) is 28.7 Å². The Bertz CT molecular complexity index is 1020. The first kappa shape index (κ1) is 21.5. The van der Waals surface area contributed by atoms with Gasteiger partial charge in [-0.2, -0.15) is 4.31 Å². The van der Waals surface area contributed by atoms with Gasteiger partial charge in [-0.05, 0) is 37.1 Å². The highest BCUT2D eigenvalue weighted by molar-refractivity contribution is 7.89. The average Bonchev–Trinajstić information content (AvgIpc) is 2.72. The molecule has 154 valence electrons. The van der Waals surface area contributed by atoms with Gasteiger partial charge in [0.1, 0.15) is 10.0 Å². The average molecular weight is 457 g/mol. The van der Waals surface area contributed by atoms with E-state index in [9.17, 15) is 18.0 Å². The first-order valence-electron chi connectivity index (χ1n) is 8.76. The predicted octanol–water partition coefficient (Wildman–Crippen LogP) is 2.25. The van der Waals surface area contributed by atoms with Crippen molar-refractivity contribution in [3.05, 3.63) is 58.3 Å². The number of hydrogen-bond donors (Lipinski definition) is 2. The summed E-state index contributed by atoms with van der Waals surface area (Å²) in [6.45, 7) is 0.314. The topological polar surface area (TPSA) is 108 Å². The van der Waals surface area contributed by atoms with E-state index in [2.05, 4.69) is 15.8 Å². The summed E-state index contributed by atoms with van der Waals surface area (Å²) in [4.78, 5) is 28.2. The minimum absolute atomic E-state index is 0.0587. The molecule has 1 aliphatic rings. The summed E-state index contributed by atoms with van der Waals surface area (Å²) in [5.74, 6) is -1.35. The van der Waals surface area contributed by atoms with Gasteiger partial charge in [0.05, 0.1) is 10.6 Å². The van der Waals surface area contributed by atoms with Crippen molar-refractivity contribution in [1.82, 2.24) is 20.1 Å². The summed E-state index contributed by atoms with van der Waals surface area (Å²) >= 11 is 11.9. The molecule has 3 rings (SSSR count). The molecule has 1 aliphatic heterocycles. The van der Waals surface area contributed by atoms with Crippen LogP contribution in [0.4, 0.5) is 0 Å². The van der Waals surface area contributed by atoms with Crippen LogP contribution in [0.25, 0.3) is 0 Å². The zero-order valence-electron chi connectivity index (χ0n) is 15.1. The van der Waals surface area contributed by atoms with E-state index < -0.39 is 21.8 Å². The molecule has 8 nitrogen and oxygen atoms in total. The van der Waals surface area contributed by atoms with Gasteiger partial charge in [0.15, 0.2) is 0 Å². The fraction of sp³-hybridized carbons (Fsp3) is 0.278. The second-order valence-electron chi connectivity index (χ2n) is 6.39. The number of nitrogens with zero attached hydrogens (tertiary/aromatic N) is 2. The van der Waals surface area contributed by atoms with Crippen LogP contribution in [-0.4, -0.2) is 42.6 Å². The summed E-state index contributed by atoms with van der Waals surface area (Å²) in [5.41, 5.74) is 4.95.